The molecule has 196 valence electrons. The molecular formula is C26H28N2O8S. The van der Waals surface area contributed by atoms with E-state index in [4.69, 9.17) is 18.9 Å². The number of esters is 1. The maximum Gasteiger partial charge on any atom is 0.337 e. The van der Waals surface area contributed by atoms with Crippen molar-refractivity contribution >= 4 is 33.3 Å². The molecule has 0 bridgehead atoms. The van der Waals surface area contributed by atoms with E-state index in [0.717, 1.165) is 4.31 Å². The van der Waals surface area contributed by atoms with Gasteiger partial charge in [-0.05, 0) is 61.5 Å². The molecule has 0 spiro atoms. The van der Waals surface area contributed by atoms with Gasteiger partial charge in [-0.1, -0.05) is 6.07 Å². The number of carbonyl (C=O) groups is 2. The molecule has 3 rings (SSSR count). The molecule has 0 heterocycles. The Labute approximate surface area is 215 Å². The van der Waals surface area contributed by atoms with Crippen molar-refractivity contribution in [3.05, 3.63) is 72.3 Å². The highest BCUT2D eigenvalue weighted by Crippen LogP contribution is 2.32. The number of nitrogens with zero attached hydrogens (tertiary/aromatic N) is 1. The minimum Gasteiger partial charge on any atom is -0.494 e. The fourth-order valence-corrected chi connectivity index (χ4v) is 4.90. The first kappa shape index (κ1) is 27.3. The third-order valence-corrected chi connectivity index (χ3v) is 7.00. The van der Waals surface area contributed by atoms with Gasteiger partial charge in [0.2, 0.25) is 5.91 Å². The van der Waals surface area contributed by atoms with Crippen LogP contribution in [0.3, 0.4) is 0 Å². The minimum atomic E-state index is -4.23. The molecule has 0 fully saturated rings. The van der Waals surface area contributed by atoms with E-state index in [0.29, 0.717) is 23.8 Å². The first-order chi connectivity index (χ1) is 17.7. The molecule has 1 amide bonds. The van der Waals surface area contributed by atoms with Crippen molar-refractivity contribution in [1.82, 2.24) is 0 Å². The summed E-state index contributed by atoms with van der Waals surface area (Å²) in [6.45, 7) is 1.73. The molecule has 0 aliphatic heterocycles. The summed E-state index contributed by atoms with van der Waals surface area (Å²) in [4.78, 5) is 24.7. The largest absolute Gasteiger partial charge is 0.494 e. The molecule has 0 saturated carbocycles. The molecule has 37 heavy (non-hydrogen) atoms. The first-order valence-electron chi connectivity index (χ1n) is 11.2. The molecule has 0 aromatic heterocycles. The third kappa shape index (κ3) is 6.50. The van der Waals surface area contributed by atoms with Crippen LogP contribution in [0, 0.1) is 0 Å². The van der Waals surface area contributed by atoms with Gasteiger partial charge in [-0.3, -0.25) is 9.10 Å². The van der Waals surface area contributed by atoms with Gasteiger partial charge in [0, 0.05) is 11.8 Å². The maximum absolute atomic E-state index is 13.7. The smallest absolute Gasteiger partial charge is 0.337 e. The van der Waals surface area contributed by atoms with Crippen LogP contribution < -0.4 is 23.8 Å². The number of sulfonamides is 1. The lowest BCUT2D eigenvalue weighted by molar-refractivity contribution is -0.114. The molecule has 0 unspecified atom stereocenters. The SMILES string of the molecule is CCOc1ccc(N(CC(=O)Nc2cccc(C(=O)OC)c2)S(=O)(=O)c2ccc(OC)c(OC)c2)cc1. The molecule has 10 nitrogen and oxygen atoms in total. The molecule has 0 saturated heterocycles. The second kappa shape index (κ2) is 12.1. The molecular weight excluding hydrogens is 500 g/mol. The van der Waals surface area contributed by atoms with Crippen LogP contribution in [0.25, 0.3) is 0 Å². The minimum absolute atomic E-state index is 0.0977. The van der Waals surface area contributed by atoms with E-state index in [1.807, 2.05) is 6.92 Å². The molecule has 0 aliphatic rings. The second-order valence-corrected chi connectivity index (χ2v) is 9.44. The Morgan fingerprint density at radius 1 is 0.892 bits per heavy atom. The van der Waals surface area contributed by atoms with Gasteiger partial charge in [0.1, 0.15) is 12.3 Å². The Balaban J connectivity index is 1.97. The first-order valence-corrected chi connectivity index (χ1v) is 12.6. The van der Waals surface area contributed by atoms with Crippen LogP contribution in [-0.4, -0.2) is 54.8 Å². The van der Waals surface area contributed by atoms with Gasteiger partial charge >= 0.3 is 5.97 Å². The number of hydrogen-bond acceptors (Lipinski definition) is 8. The molecule has 3 aromatic rings. The predicted molar refractivity (Wildman–Crippen MR) is 138 cm³/mol. The van der Waals surface area contributed by atoms with Crippen LogP contribution in [-0.2, 0) is 19.6 Å². The second-order valence-electron chi connectivity index (χ2n) is 7.58. The maximum atomic E-state index is 13.7. The summed E-state index contributed by atoms with van der Waals surface area (Å²) in [6, 6.07) is 16.6. The van der Waals surface area contributed by atoms with Crippen molar-refractivity contribution in [2.45, 2.75) is 11.8 Å². The summed E-state index contributed by atoms with van der Waals surface area (Å²) in [5, 5.41) is 2.64. The van der Waals surface area contributed by atoms with E-state index in [2.05, 4.69) is 5.32 Å². The number of methoxy groups -OCH3 is 3. The van der Waals surface area contributed by atoms with Gasteiger partial charge in [0.05, 0.1) is 44.1 Å². The number of anilines is 2. The third-order valence-electron chi connectivity index (χ3n) is 5.23. The van der Waals surface area contributed by atoms with E-state index < -0.39 is 28.4 Å². The zero-order valence-corrected chi connectivity index (χ0v) is 21.7. The Bertz CT molecular complexity index is 1360. The quantitative estimate of drug-likeness (QED) is 0.374. The van der Waals surface area contributed by atoms with Crippen LogP contribution in [0.5, 0.6) is 17.2 Å². The number of nitrogens with one attached hydrogen (secondary N) is 1. The average Bonchev–Trinajstić information content (AvgIpc) is 2.91. The number of hydrogen-bond donors (Lipinski definition) is 1. The van der Waals surface area contributed by atoms with Crippen molar-refractivity contribution < 1.29 is 37.0 Å². The molecule has 0 radical (unpaired) electrons. The topological polar surface area (TPSA) is 120 Å². The van der Waals surface area contributed by atoms with Gasteiger partial charge in [0.15, 0.2) is 11.5 Å². The summed E-state index contributed by atoms with van der Waals surface area (Å²) in [6.07, 6.45) is 0. The Morgan fingerprint density at radius 3 is 2.22 bits per heavy atom. The molecule has 0 aliphatic carbocycles. The molecule has 1 N–H and O–H groups in total. The summed E-state index contributed by atoms with van der Waals surface area (Å²) in [5.74, 6) is -0.0570. The summed E-state index contributed by atoms with van der Waals surface area (Å²) in [7, 11) is -0.137. The van der Waals surface area contributed by atoms with Crippen molar-refractivity contribution in [2.24, 2.45) is 0 Å². The van der Waals surface area contributed by atoms with E-state index in [-0.39, 0.29) is 21.9 Å². The predicted octanol–water partition coefficient (Wildman–Crippen LogP) is 3.72. The van der Waals surface area contributed by atoms with E-state index in [9.17, 15) is 18.0 Å². The number of ether oxygens (including phenoxy) is 4. The van der Waals surface area contributed by atoms with Crippen LogP contribution >= 0.6 is 0 Å². The lowest BCUT2D eigenvalue weighted by atomic mass is 10.2. The summed E-state index contributed by atoms with van der Waals surface area (Å²) < 4.78 is 49.1. The lowest BCUT2D eigenvalue weighted by Crippen LogP contribution is -2.38. The van der Waals surface area contributed by atoms with Crippen LogP contribution in [0.4, 0.5) is 11.4 Å². The average molecular weight is 529 g/mol. The zero-order chi connectivity index (χ0) is 27.0. The number of carbonyl (C=O) groups excluding carboxylic acids is 2. The Morgan fingerprint density at radius 2 is 1.59 bits per heavy atom. The Hall–Kier alpha value is -4.25. The molecule has 0 atom stereocenters. The summed E-state index contributed by atoms with van der Waals surface area (Å²) in [5.41, 5.74) is 0.793. The number of rotatable bonds is 11. The molecule has 3 aromatic carbocycles. The van der Waals surface area contributed by atoms with Crippen molar-refractivity contribution in [2.75, 3.05) is 44.1 Å². The van der Waals surface area contributed by atoms with E-state index >= 15 is 0 Å². The van der Waals surface area contributed by atoms with Crippen molar-refractivity contribution in [1.29, 1.82) is 0 Å². The van der Waals surface area contributed by atoms with Gasteiger partial charge in [0.25, 0.3) is 10.0 Å². The van der Waals surface area contributed by atoms with Gasteiger partial charge in [-0.25, -0.2) is 13.2 Å². The zero-order valence-electron chi connectivity index (χ0n) is 20.9. The highest BCUT2D eigenvalue weighted by atomic mass is 32.2. The fraction of sp³-hybridized carbons (Fsp3) is 0.231. The van der Waals surface area contributed by atoms with Crippen LogP contribution in [0.15, 0.2) is 71.6 Å². The number of benzene rings is 3. The normalized spacial score (nSPS) is 10.8. The molecule has 11 heteroatoms. The van der Waals surface area contributed by atoms with Gasteiger partial charge in [-0.2, -0.15) is 0 Å². The standard InChI is InChI=1S/C26H28N2O8S/c1-5-36-21-11-9-20(10-12-21)28(37(31,32)22-13-14-23(33-2)24(16-22)34-3)17-25(29)27-19-8-6-7-18(15-19)26(30)35-4/h6-16H,5,17H2,1-4H3,(H,27,29). The highest BCUT2D eigenvalue weighted by Gasteiger charge is 2.28. The fourth-order valence-electron chi connectivity index (χ4n) is 3.47. The lowest BCUT2D eigenvalue weighted by Gasteiger charge is -2.25. The number of amides is 1. The van der Waals surface area contributed by atoms with Gasteiger partial charge in [-0.15, -0.1) is 0 Å². The Kier molecular flexibility index (Phi) is 8.96. The van der Waals surface area contributed by atoms with Crippen molar-refractivity contribution in [3.8, 4) is 17.2 Å². The van der Waals surface area contributed by atoms with Crippen LogP contribution in [0.2, 0.25) is 0 Å². The van der Waals surface area contributed by atoms with Gasteiger partial charge < -0.3 is 24.3 Å². The van der Waals surface area contributed by atoms with Crippen molar-refractivity contribution in [3.63, 3.8) is 0 Å². The van der Waals surface area contributed by atoms with E-state index in [1.54, 1.807) is 36.4 Å². The van der Waals surface area contributed by atoms with E-state index in [1.165, 1.54) is 51.7 Å². The van der Waals surface area contributed by atoms with Crippen LogP contribution in [0.1, 0.15) is 17.3 Å². The summed E-state index contributed by atoms with van der Waals surface area (Å²) >= 11 is 0. The highest BCUT2D eigenvalue weighted by molar-refractivity contribution is 7.92. The monoisotopic (exact) mass is 528 g/mol.